The van der Waals surface area contributed by atoms with E-state index in [9.17, 15) is 0 Å². The zero-order valence-corrected chi connectivity index (χ0v) is 14.3. The predicted octanol–water partition coefficient (Wildman–Crippen LogP) is 6.48. The highest BCUT2D eigenvalue weighted by molar-refractivity contribution is 7.19. The van der Waals surface area contributed by atoms with Crippen LogP contribution in [0.25, 0.3) is 43.3 Å². The Labute approximate surface area is 143 Å². The number of rotatable bonds is 1. The first-order chi connectivity index (χ1) is 11.7. The minimum absolute atomic E-state index is 0.917. The molecule has 3 aromatic heterocycles. The van der Waals surface area contributed by atoms with Crippen LogP contribution in [-0.4, -0.2) is 4.98 Å². The first kappa shape index (κ1) is 13.8. The van der Waals surface area contributed by atoms with Crippen LogP contribution in [-0.2, 0) is 0 Å². The van der Waals surface area contributed by atoms with Crippen molar-refractivity contribution in [2.75, 3.05) is 0 Å². The van der Waals surface area contributed by atoms with Gasteiger partial charge in [-0.1, -0.05) is 18.2 Å². The van der Waals surface area contributed by atoms with Crippen molar-refractivity contribution >= 4 is 43.4 Å². The molecule has 0 aliphatic carbocycles. The second kappa shape index (κ2) is 4.92. The van der Waals surface area contributed by atoms with Crippen LogP contribution in [0.2, 0.25) is 0 Å². The van der Waals surface area contributed by atoms with Crippen LogP contribution in [0.5, 0.6) is 0 Å². The second-order valence-electron chi connectivity index (χ2n) is 6.22. The molecule has 3 heteroatoms. The summed E-state index contributed by atoms with van der Waals surface area (Å²) in [4.78, 5) is 5.88. The van der Waals surface area contributed by atoms with Gasteiger partial charge in [0.2, 0.25) is 0 Å². The van der Waals surface area contributed by atoms with Gasteiger partial charge in [0, 0.05) is 37.5 Å². The average molecular weight is 329 g/mol. The lowest BCUT2D eigenvalue weighted by Crippen LogP contribution is -1.84. The monoisotopic (exact) mass is 329 g/mol. The molecule has 116 valence electrons. The van der Waals surface area contributed by atoms with Crippen molar-refractivity contribution in [3.63, 3.8) is 0 Å². The minimum atomic E-state index is 0.917. The molecule has 0 radical (unpaired) electrons. The van der Waals surface area contributed by atoms with Gasteiger partial charge >= 0.3 is 0 Å². The molecule has 0 saturated carbocycles. The number of nitrogens with zero attached hydrogens (tertiary/aromatic N) is 1. The summed E-state index contributed by atoms with van der Waals surface area (Å²) in [5.41, 5.74) is 5.05. The van der Waals surface area contributed by atoms with Crippen molar-refractivity contribution in [3.05, 3.63) is 65.2 Å². The Morgan fingerprint density at radius 1 is 0.875 bits per heavy atom. The maximum absolute atomic E-state index is 6.36. The molecule has 2 aromatic carbocycles. The van der Waals surface area contributed by atoms with Crippen LogP contribution < -0.4 is 0 Å². The van der Waals surface area contributed by atoms with Gasteiger partial charge in [0.1, 0.15) is 11.2 Å². The molecule has 0 spiro atoms. The Kier molecular flexibility index (Phi) is 2.82. The first-order valence-electron chi connectivity index (χ1n) is 7.98. The normalized spacial score (nSPS) is 11.8. The number of hydrogen-bond donors (Lipinski definition) is 0. The highest BCUT2D eigenvalue weighted by Crippen LogP contribution is 2.40. The van der Waals surface area contributed by atoms with Crippen LogP contribution in [0.1, 0.15) is 10.4 Å². The Morgan fingerprint density at radius 3 is 2.58 bits per heavy atom. The summed E-state index contributed by atoms with van der Waals surface area (Å²) in [6.45, 7) is 4.19. The zero-order chi connectivity index (χ0) is 16.3. The smallest absolute Gasteiger partial charge is 0.144 e. The van der Waals surface area contributed by atoms with E-state index in [1.807, 2.05) is 13.1 Å². The molecule has 0 N–H and O–H groups in total. The van der Waals surface area contributed by atoms with E-state index >= 15 is 0 Å². The summed E-state index contributed by atoms with van der Waals surface area (Å²) < 4.78 is 7.63. The molecule has 5 aromatic rings. The molecule has 0 amide bonds. The lowest BCUT2D eigenvalue weighted by molar-refractivity contribution is 0.673. The van der Waals surface area contributed by atoms with E-state index in [1.54, 1.807) is 11.3 Å². The third-order valence-electron chi connectivity index (χ3n) is 4.47. The Bertz CT molecular complexity index is 1210. The van der Waals surface area contributed by atoms with E-state index in [2.05, 4.69) is 60.4 Å². The number of aryl methyl sites for hydroxylation is 2. The molecular weight excluding hydrogens is 314 g/mol. The summed E-state index contributed by atoms with van der Waals surface area (Å²) in [7, 11) is 0. The molecule has 0 aliphatic heterocycles. The number of furan rings is 1. The zero-order valence-electron chi connectivity index (χ0n) is 13.5. The highest BCUT2D eigenvalue weighted by atomic mass is 32.1. The maximum Gasteiger partial charge on any atom is 0.144 e. The third kappa shape index (κ3) is 1.91. The van der Waals surface area contributed by atoms with E-state index in [0.29, 0.717) is 0 Å². The number of pyridine rings is 1. The summed E-state index contributed by atoms with van der Waals surface area (Å²) in [6.07, 6.45) is 1.90. The standard InChI is InChI=1S/C21H15NOS/c1-12-6-8-18(22-11-12)16-5-3-4-14-15-7-9-19-17(10-13(2)24-19)21(15)23-20(14)16/h3-11H,1-2H3. The molecule has 0 atom stereocenters. The Hall–Kier alpha value is -2.65. The van der Waals surface area contributed by atoms with Crippen molar-refractivity contribution in [1.82, 2.24) is 4.98 Å². The first-order valence-corrected chi connectivity index (χ1v) is 8.80. The molecule has 24 heavy (non-hydrogen) atoms. The molecule has 2 nitrogen and oxygen atoms in total. The maximum atomic E-state index is 6.36. The van der Waals surface area contributed by atoms with Crippen LogP contribution in [0.4, 0.5) is 0 Å². The molecule has 0 bridgehead atoms. The van der Waals surface area contributed by atoms with Crippen molar-refractivity contribution in [3.8, 4) is 11.3 Å². The molecule has 3 heterocycles. The van der Waals surface area contributed by atoms with Crippen LogP contribution in [0.15, 0.2) is 59.1 Å². The van der Waals surface area contributed by atoms with Crippen molar-refractivity contribution < 1.29 is 4.42 Å². The second-order valence-corrected chi connectivity index (χ2v) is 7.50. The number of para-hydroxylation sites is 1. The Balaban J connectivity index is 1.89. The fraction of sp³-hybridized carbons (Fsp3) is 0.0952. The number of hydrogen-bond acceptors (Lipinski definition) is 3. The minimum Gasteiger partial charge on any atom is -0.455 e. The fourth-order valence-electron chi connectivity index (χ4n) is 3.33. The van der Waals surface area contributed by atoms with Crippen molar-refractivity contribution in [1.29, 1.82) is 0 Å². The topological polar surface area (TPSA) is 26.0 Å². The van der Waals surface area contributed by atoms with Crippen molar-refractivity contribution in [2.24, 2.45) is 0 Å². The Morgan fingerprint density at radius 2 is 1.75 bits per heavy atom. The van der Waals surface area contributed by atoms with E-state index in [4.69, 9.17) is 4.42 Å². The highest BCUT2D eigenvalue weighted by Gasteiger charge is 2.15. The quantitative estimate of drug-likeness (QED) is 0.352. The summed E-state index contributed by atoms with van der Waals surface area (Å²) >= 11 is 1.81. The number of fused-ring (bicyclic) bond motifs is 5. The molecular formula is C21H15NOS. The van der Waals surface area contributed by atoms with E-state index < -0.39 is 0 Å². The van der Waals surface area contributed by atoms with Gasteiger partial charge in [-0.2, -0.15) is 0 Å². The van der Waals surface area contributed by atoms with Gasteiger partial charge in [0.15, 0.2) is 0 Å². The lowest BCUT2D eigenvalue weighted by Gasteiger charge is -2.02. The van der Waals surface area contributed by atoms with Gasteiger partial charge < -0.3 is 4.42 Å². The molecule has 0 unspecified atom stereocenters. The molecule has 0 aliphatic rings. The third-order valence-corrected chi connectivity index (χ3v) is 5.49. The number of benzene rings is 2. The van der Waals surface area contributed by atoms with Gasteiger partial charge in [0.05, 0.1) is 5.69 Å². The van der Waals surface area contributed by atoms with E-state index in [-0.39, 0.29) is 0 Å². The van der Waals surface area contributed by atoms with Crippen LogP contribution in [0.3, 0.4) is 0 Å². The largest absolute Gasteiger partial charge is 0.455 e. The summed E-state index contributed by atoms with van der Waals surface area (Å²) in [6, 6.07) is 17.0. The summed E-state index contributed by atoms with van der Waals surface area (Å²) in [5, 5.41) is 3.52. The average Bonchev–Trinajstić information content (AvgIpc) is 3.14. The molecule has 0 saturated heterocycles. The van der Waals surface area contributed by atoms with E-state index in [1.165, 1.54) is 20.3 Å². The predicted molar refractivity (Wildman–Crippen MR) is 102 cm³/mol. The van der Waals surface area contributed by atoms with Gasteiger partial charge in [-0.05, 0) is 49.7 Å². The molecule has 0 fully saturated rings. The fourth-order valence-corrected chi connectivity index (χ4v) is 4.25. The lowest BCUT2D eigenvalue weighted by atomic mass is 10.1. The number of thiophene rings is 1. The van der Waals surface area contributed by atoms with Gasteiger partial charge in [-0.15, -0.1) is 11.3 Å². The van der Waals surface area contributed by atoms with E-state index in [0.717, 1.165) is 33.4 Å². The SMILES string of the molecule is Cc1ccc(-c2cccc3c2oc2c4cc(C)sc4ccc32)nc1. The summed E-state index contributed by atoms with van der Waals surface area (Å²) in [5.74, 6) is 0. The van der Waals surface area contributed by atoms with Gasteiger partial charge in [-0.25, -0.2) is 0 Å². The van der Waals surface area contributed by atoms with Gasteiger partial charge in [-0.3, -0.25) is 4.98 Å². The molecule has 5 rings (SSSR count). The van der Waals surface area contributed by atoms with Crippen LogP contribution in [0, 0.1) is 13.8 Å². The van der Waals surface area contributed by atoms with Crippen LogP contribution >= 0.6 is 11.3 Å². The van der Waals surface area contributed by atoms with Gasteiger partial charge in [0.25, 0.3) is 0 Å². The number of aromatic nitrogens is 1. The van der Waals surface area contributed by atoms with Crippen molar-refractivity contribution in [2.45, 2.75) is 13.8 Å².